The van der Waals surface area contributed by atoms with E-state index in [4.69, 9.17) is 0 Å². The van der Waals surface area contributed by atoms with Crippen LogP contribution in [0.5, 0.6) is 0 Å². The summed E-state index contributed by atoms with van der Waals surface area (Å²) in [6.45, 7) is 2.17. The molecule has 14 heavy (non-hydrogen) atoms. The minimum absolute atomic E-state index is 0.614. The lowest BCUT2D eigenvalue weighted by Gasteiger charge is -2.07. The van der Waals surface area contributed by atoms with E-state index in [-0.39, 0.29) is 0 Å². The molecule has 3 rings (SSSR count). The zero-order valence-corrected chi connectivity index (χ0v) is 7.72. The first-order chi connectivity index (χ1) is 6.93. The van der Waals surface area contributed by atoms with Crippen LogP contribution >= 0.6 is 0 Å². The molecule has 1 N–H and O–H groups in total. The van der Waals surface area contributed by atoms with E-state index in [1.54, 1.807) is 4.52 Å². The molecular weight excluding hydrogens is 178 g/mol. The maximum absolute atomic E-state index is 3.89. The third-order valence-electron chi connectivity index (χ3n) is 2.75. The molecule has 0 amide bonds. The van der Waals surface area contributed by atoms with Crippen molar-refractivity contribution < 1.29 is 0 Å². The minimum Gasteiger partial charge on any atom is -0.316 e. The Morgan fingerprint density at radius 3 is 3.29 bits per heavy atom. The molecule has 1 aliphatic heterocycles. The lowest BCUT2D eigenvalue weighted by Crippen LogP contribution is -2.08. The fourth-order valence-corrected chi connectivity index (χ4v) is 1.94. The van der Waals surface area contributed by atoms with Gasteiger partial charge in [-0.25, -0.2) is 4.52 Å². The largest absolute Gasteiger partial charge is 0.316 e. The zero-order chi connectivity index (χ0) is 9.38. The van der Waals surface area contributed by atoms with Crippen LogP contribution in [0, 0.1) is 0 Å². The van der Waals surface area contributed by atoms with Gasteiger partial charge in [-0.2, -0.15) is 0 Å². The van der Waals surface area contributed by atoms with Gasteiger partial charge in [0.2, 0.25) is 0 Å². The SMILES string of the molecule is c1cc2nnnn2cc1C1CCNC1. The number of rotatable bonds is 1. The standard InChI is InChI=1S/C9H11N5/c1-2-9-11-12-13-14(9)6-8(1)7-3-4-10-5-7/h1-2,6-7,10H,3-5H2. The van der Waals surface area contributed by atoms with Crippen LogP contribution in [0.15, 0.2) is 18.3 Å². The van der Waals surface area contributed by atoms with Gasteiger partial charge >= 0.3 is 0 Å². The number of fused-ring (bicyclic) bond motifs is 1. The van der Waals surface area contributed by atoms with Gasteiger partial charge in [0.25, 0.3) is 0 Å². The predicted molar refractivity (Wildman–Crippen MR) is 51.0 cm³/mol. The normalized spacial score (nSPS) is 21.9. The summed E-state index contributed by atoms with van der Waals surface area (Å²) >= 11 is 0. The van der Waals surface area contributed by atoms with Crippen LogP contribution in [0.1, 0.15) is 17.9 Å². The summed E-state index contributed by atoms with van der Waals surface area (Å²) in [7, 11) is 0. The summed E-state index contributed by atoms with van der Waals surface area (Å²) in [5, 5.41) is 14.7. The summed E-state index contributed by atoms with van der Waals surface area (Å²) in [6.07, 6.45) is 3.22. The zero-order valence-electron chi connectivity index (χ0n) is 7.72. The van der Waals surface area contributed by atoms with Crippen molar-refractivity contribution in [2.45, 2.75) is 12.3 Å². The predicted octanol–water partition coefficient (Wildman–Crippen LogP) is 0.201. The first-order valence-corrected chi connectivity index (χ1v) is 4.82. The van der Waals surface area contributed by atoms with Crippen LogP contribution < -0.4 is 5.32 Å². The molecule has 2 aromatic rings. The van der Waals surface area contributed by atoms with Crippen molar-refractivity contribution in [2.75, 3.05) is 13.1 Å². The van der Waals surface area contributed by atoms with Gasteiger partial charge in [-0.05, 0) is 40.9 Å². The van der Waals surface area contributed by atoms with Crippen molar-refractivity contribution in [3.8, 4) is 0 Å². The molecule has 1 aliphatic rings. The fraction of sp³-hybridized carbons (Fsp3) is 0.444. The molecule has 1 fully saturated rings. The molecule has 0 radical (unpaired) electrons. The summed E-state index contributed by atoms with van der Waals surface area (Å²) in [6, 6.07) is 4.08. The molecule has 0 aliphatic carbocycles. The number of hydrogen-bond donors (Lipinski definition) is 1. The van der Waals surface area contributed by atoms with Crippen LogP contribution in [0.3, 0.4) is 0 Å². The van der Waals surface area contributed by atoms with Gasteiger partial charge in [-0.1, -0.05) is 6.07 Å². The van der Waals surface area contributed by atoms with Gasteiger partial charge in [0, 0.05) is 12.7 Å². The monoisotopic (exact) mass is 189 g/mol. The summed E-state index contributed by atoms with van der Waals surface area (Å²) in [5.74, 6) is 0.614. The maximum atomic E-state index is 3.89. The molecule has 0 saturated carbocycles. The van der Waals surface area contributed by atoms with E-state index < -0.39 is 0 Å². The number of hydrogen-bond acceptors (Lipinski definition) is 4. The molecule has 72 valence electrons. The molecule has 5 heteroatoms. The molecule has 1 atom stereocenters. The number of pyridine rings is 1. The molecule has 2 aromatic heterocycles. The highest BCUT2D eigenvalue weighted by Crippen LogP contribution is 2.21. The minimum atomic E-state index is 0.614. The Hall–Kier alpha value is -1.49. The molecule has 5 nitrogen and oxygen atoms in total. The summed E-state index contributed by atoms with van der Waals surface area (Å²) < 4.78 is 1.73. The van der Waals surface area contributed by atoms with Crippen molar-refractivity contribution in [3.05, 3.63) is 23.9 Å². The van der Waals surface area contributed by atoms with E-state index in [0.717, 1.165) is 18.7 Å². The second kappa shape index (κ2) is 3.02. The van der Waals surface area contributed by atoms with Crippen LogP contribution in [-0.4, -0.2) is 33.1 Å². The highest BCUT2D eigenvalue weighted by Gasteiger charge is 2.16. The number of nitrogens with one attached hydrogen (secondary N) is 1. The van der Waals surface area contributed by atoms with Gasteiger partial charge in [-0.15, -0.1) is 5.10 Å². The Kier molecular flexibility index (Phi) is 1.70. The van der Waals surface area contributed by atoms with Crippen molar-refractivity contribution in [1.29, 1.82) is 0 Å². The van der Waals surface area contributed by atoms with Crippen LogP contribution in [0.25, 0.3) is 5.65 Å². The van der Waals surface area contributed by atoms with E-state index in [2.05, 4.69) is 26.9 Å². The molecule has 0 aromatic carbocycles. The molecule has 1 unspecified atom stereocenters. The van der Waals surface area contributed by atoms with Gasteiger partial charge < -0.3 is 5.32 Å². The molecule has 0 bridgehead atoms. The fourth-order valence-electron chi connectivity index (χ4n) is 1.94. The quantitative estimate of drug-likeness (QED) is 0.696. The number of aromatic nitrogens is 4. The number of tetrazole rings is 1. The summed E-state index contributed by atoms with van der Waals surface area (Å²) in [4.78, 5) is 0. The van der Waals surface area contributed by atoms with E-state index in [1.165, 1.54) is 12.0 Å². The van der Waals surface area contributed by atoms with Gasteiger partial charge in [-0.3, -0.25) is 0 Å². The van der Waals surface area contributed by atoms with E-state index >= 15 is 0 Å². The Balaban J connectivity index is 2.04. The highest BCUT2D eigenvalue weighted by atomic mass is 15.5. The molecular formula is C9H11N5. The Bertz CT molecular complexity index is 443. The van der Waals surface area contributed by atoms with Crippen molar-refractivity contribution >= 4 is 5.65 Å². The second-order valence-corrected chi connectivity index (χ2v) is 3.63. The van der Waals surface area contributed by atoms with Crippen LogP contribution in [-0.2, 0) is 0 Å². The highest BCUT2D eigenvalue weighted by molar-refractivity contribution is 5.37. The third-order valence-corrected chi connectivity index (χ3v) is 2.75. The smallest absolute Gasteiger partial charge is 0.179 e. The summed E-state index contributed by atoms with van der Waals surface area (Å²) in [5.41, 5.74) is 2.12. The first-order valence-electron chi connectivity index (χ1n) is 4.82. The molecule has 3 heterocycles. The van der Waals surface area contributed by atoms with Crippen LogP contribution in [0.4, 0.5) is 0 Å². The Morgan fingerprint density at radius 1 is 1.43 bits per heavy atom. The van der Waals surface area contributed by atoms with Gasteiger partial charge in [0.1, 0.15) is 0 Å². The van der Waals surface area contributed by atoms with Crippen molar-refractivity contribution in [2.24, 2.45) is 0 Å². The lowest BCUT2D eigenvalue weighted by atomic mass is 10.0. The number of nitrogens with zero attached hydrogens (tertiary/aromatic N) is 4. The molecule has 0 spiro atoms. The van der Waals surface area contributed by atoms with Gasteiger partial charge in [0.05, 0.1) is 0 Å². The van der Waals surface area contributed by atoms with E-state index in [1.807, 2.05) is 12.3 Å². The molecule has 1 saturated heterocycles. The topological polar surface area (TPSA) is 55.1 Å². The Labute approximate surface area is 81.1 Å². The van der Waals surface area contributed by atoms with Gasteiger partial charge in [0.15, 0.2) is 5.65 Å². The van der Waals surface area contributed by atoms with Crippen molar-refractivity contribution in [1.82, 2.24) is 25.4 Å². The second-order valence-electron chi connectivity index (χ2n) is 3.63. The van der Waals surface area contributed by atoms with E-state index in [0.29, 0.717) is 5.92 Å². The average Bonchev–Trinajstić information content (AvgIpc) is 2.88. The van der Waals surface area contributed by atoms with Crippen molar-refractivity contribution in [3.63, 3.8) is 0 Å². The maximum Gasteiger partial charge on any atom is 0.179 e. The van der Waals surface area contributed by atoms with E-state index in [9.17, 15) is 0 Å². The first kappa shape index (κ1) is 7.87. The lowest BCUT2D eigenvalue weighted by molar-refractivity contribution is 0.743. The van der Waals surface area contributed by atoms with Crippen LogP contribution in [0.2, 0.25) is 0 Å². The Morgan fingerprint density at radius 2 is 2.43 bits per heavy atom. The third kappa shape index (κ3) is 1.17. The average molecular weight is 189 g/mol.